The summed E-state index contributed by atoms with van der Waals surface area (Å²) >= 11 is 0. The third kappa shape index (κ3) is 1.67. The van der Waals surface area contributed by atoms with Crippen LogP contribution in [0.1, 0.15) is 28.4 Å². The highest BCUT2D eigenvalue weighted by Crippen LogP contribution is 2.34. The number of fused-ring (bicyclic) bond motifs is 1. The van der Waals surface area contributed by atoms with Gasteiger partial charge in [-0.2, -0.15) is 0 Å². The Balaban J connectivity index is 2.15. The van der Waals surface area contributed by atoms with Crippen LogP contribution in [0.4, 0.5) is 0 Å². The number of hydrogen-bond donors (Lipinski definition) is 0. The maximum atomic E-state index is 12.0. The minimum absolute atomic E-state index is 0.131. The van der Waals surface area contributed by atoms with Gasteiger partial charge in [0, 0.05) is 11.5 Å². The Labute approximate surface area is 107 Å². The van der Waals surface area contributed by atoms with Gasteiger partial charge in [0.2, 0.25) is 0 Å². The molecule has 0 bridgehead atoms. The summed E-state index contributed by atoms with van der Waals surface area (Å²) < 4.78 is 0. The topological polar surface area (TPSA) is 17.1 Å². The first-order valence-corrected chi connectivity index (χ1v) is 6.40. The summed E-state index contributed by atoms with van der Waals surface area (Å²) in [6, 6.07) is 14.6. The summed E-state index contributed by atoms with van der Waals surface area (Å²) in [5.74, 6) is 0.422. The molecule has 0 heterocycles. The molecule has 0 amide bonds. The highest BCUT2D eigenvalue weighted by atomic mass is 16.1. The molecule has 2 aromatic rings. The standard InChI is InChI=1S/C17H16O/c1-11-6-8-13(9-7-11)14-4-3-5-15-16(14)10-12(2)17(15)18/h3-9,12H,10H2,1-2H3. The Kier molecular flexibility index (Phi) is 2.55. The maximum Gasteiger partial charge on any atom is 0.166 e. The van der Waals surface area contributed by atoms with E-state index in [2.05, 4.69) is 37.3 Å². The molecule has 1 nitrogen and oxygen atoms in total. The number of rotatable bonds is 1. The average molecular weight is 236 g/mol. The van der Waals surface area contributed by atoms with Gasteiger partial charge in [-0.05, 0) is 30.0 Å². The summed E-state index contributed by atoms with van der Waals surface area (Å²) in [6.45, 7) is 4.10. The lowest BCUT2D eigenvalue weighted by molar-refractivity contribution is 0.0946. The van der Waals surface area contributed by atoms with E-state index in [1.165, 1.54) is 22.3 Å². The van der Waals surface area contributed by atoms with Crippen molar-refractivity contribution < 1.29 is 4.79 Å². The van der Waals surface area contributed by atoms with Crippen LogP contribution >= 0.6 is 0 Å². The molecule has 1 aliphatic rings. The van der Waals surface area contributed by atoms with Crippen molar-refractivity contribution in [1.29, 1.82) is 0 Å². The van der Waals surface area contributed by atoms with Gasteiger partial charge < -0.3 is 0 Å². The van der Waals surface area contributed by atoms with Crippen LogP contribution in [0, 0.1) is 12.8 Å². The predicted molar refractivity (Wildman–Crippen MR) is 73.8 cm³/mol. The van der Waals surface area contributed by atoms with Crippen LogP contribution < -0.4 is 0 Å². The Morgan fingerprint density at radius 3 is 2.39 bits per heavy atom. The van der Waals surface area contributed by atoms with Gasteiger partial charge in [0.05, 0.1) is 0 Å². The second-order valence-electron chi connectivity index (χ2n) is 5.17. The molecular weight excluding hydrogens is 220 g/mol. The first-order chi connectivity index (χ1) is 8.66. The Morgan fingerprint density at radius 2 is 1.67 bits per heavy atom. The fourth-order valence-electron chi connectivity index (χ4n) is 2.71. The van der Waals surface area contributed by atoms with E-state index < -0.39 is 0 Å². The third-order valence-electron chi connectivity index (χ3n) is 3.76. The minimum Gasteiger partial charge on any atom is -0.294 e. The lowest BCUT2D eigenvalue weighted by Crippen LogP contribution is -2.02. The van der Waals surface area contributed by atoms with Gasteiger partial charge in [0.1, 0.15) is 0 Å². The summed E-state index contributed by atoms with van der Waals surface area (Å²) in [4.78, 5) is 12.0. The van der Waals surface area contributed by atoms with E-state index in [0.29, 0.717) is 5.78 Å². The molecule has 90 valence electrons. The van der Waals surface area contributed by atoms with E-state index in [1.54, 1.807) is 0 Å². The van der Waals surface area contributed by atoms with Crippen molar-refractivity contribution in [3.8, 4) is 11.1 Å². The van der Waals surface area contributed by atoms with Crippen molar-refractivity contribution in [2.75, 3.05) is 0 Å². The van der Waals surface area contributed by atoms with E-state index >= 15 is 0 Å². The first-order valence-electron chi connectivity index (χ1n) is 6.40. The van der Waals surface area contributed by atoms with E-state index in [4.69, 9.17) is 0 Å². The lowest BCUT2D eigenvalue weighted by atomic mass is 9.96. The molecule has 2 aromatic carbocycles. The lowest BCUT2D eigenvalue weighted by Gasteiger charge is -2.08. The molecular formula is C17H16O. The van der Waals surface area contributed by atoms with Crippen molar-refractivity contribution in [3.63, 3.8) is 0 Å². The van der Waals surface area contributed by atoms with Crippen LogP contribution in [-0.4, -0.2) is 5.78 Å². The van der Waals surface area contributed by atoms with E-state index in [1.807, 2.05) is 19.1 Å². The number of benzene rings is 2. The van der Waals surface area contributed by atoms with E-state index in [0.717, 1.165) is 12.0 Å². The molecule has 1 heteroatoms. The monoisotopic (exact) mass is 236 g/mol. The highest BCUT2D eigenvalue weighted by Gasteiger charge is 2.28. The molecule has 3 rings (SSSR count). The predicted octanol–water partition coefficient (Wildman–Crippen LogP) is 4.04. The molecule has 1 aliphatic carbocycles. The van der Waals surface area contributed by atoms with Crippen LogP contribution in [0.5, 0.6) is 0 Å². The zero-order valence-electron chi connectivity index (χ0n) is 10.7. The second-order valence-corrected chi connectivity index (χ2v) is 5.17. The van der Waals surface area contributed by atoms with Crippen LogP contribution in [0.3, 0.4) is 0 Å². The minimum atomic E-state index is 0.131. The number of ketones is 1. The van der Waals surface area contributed by atoms with E-state index in [9.17, 15) is 4.79 Å². The van der Waals surface area contributed by atoms with Gasteiger partial charge in [-0.15, -0.1) is 0 Å². The van der Waals surface area contributed by atoms with Crippen LogP contribution in [-0.2, 0) is 6.42 Å². The summed E-state index contributed by atoms with van der Waals surface area (Å²) in [7, 11) is 0. The summed E-state index contributed by atoms with van der Waals surface area (Å²) in [6.07, 6.45) is 0.873. The zero-order chi connectivity index (χ0) is 12.7. The Bertz CT molecular complexity index is 608. The molecule has 1 unspecified atom stereocenters. The molecule has 0 N–H and O–H groups in total. The number of hydrogen-bond acceptors (Lipinski definition) is 1. The largest absolute Gasteiger partial charge is 0.294 e. The van der Waals surface area contributed by atoms with E-state index in [-0.39, 0.29) is 5.92 Å². The van der Waals surface area contributed by atoms with Crippen LogP contribution in [0.15, 0.2) is 42.5 Å². The first kappa shape index (κ1) is 11.2. The van der Waals surface area contributed by atoms with Crippen molar-refractivity contribution >= 4 is 5.78 Å². The maximum absolute atomic E-state index is 12.0. The molecule has 0 saturated carbocycles. The zero-order valence-corrected chi connectivity index (χ0v) is 10.7. The van der Waals surface area contributed by atoms with Gasteiger partial charge in [0.25, 0.3) is 0 Å². The molecule has 0 fully saturated rings. The normalized spacial score (nSPS) is 17.9. The SMILES string of the molecule is Cc1ccc(-c2cccc3c2CC(C)C3=O)cc1. The van der Waals surface area contributed by atoms with Crippen LogP contribution in [0.25, 0.3) is 11.1 Å². The van der Waals surface area contributed by atoms with Gasteiger partial charge in [0.15, 0.2) is 5.78 Å². The second kappa shape index (κ2) is 4.09. The fraction of sp³-hybridized carbons (Fsp3) is 0.235. The Morgan fingerprint density at radius 1 is 1.00 bits per heavy atom. The van der Waals surface area contributed by atoms with Gasteiger partial charge in [-0.3, -0.25) is 4.79 Å². The molecule has 0 spiro atoms. The molecule has 0 radical (unpaired) electrons. The fourth-order valence-corrected chi connectivity index (χ4v) is 2.71. The molecule has 0 aromatic heterocycles. The van der Waals surface area contributed by atoms with Gasteiger partial charge >= 0.3 is 0 Å². The summed E-state index contributed by atoms with van der Waals surface area (Å²) in [5, 5.41) is 0. The quantitative estimate of drug-likeness (QED) is 0.730. The van der Waals surface area contributed by atoms with Gasteiger partial charge in [-0.25, -0.2) is 0 Å². The van der Waals surface area contributed by atoms with Crippen molar-refractivity contribution in [1.82, 2.24) is 0 Å². The average Bonchev–Trinajstić information content (AvgIpc) is 2.67. The smallest absolute Gasteiger partial charge is 0.166 e. The molecule has 0 saturated heterocycles. The number of carbonyl (C=O) groups excluding carboxylic acids is 1. The number of Topliss-reactive ketones (excluding diaryl/α,β-unsaturated/α-hetero) is 1. The van der Waals surface area contributed by atoms with Gasteiger partial charge in [-0.1, -0.05) is 55.0 Å². The Hall–Kier alpha value is -1.89. The number of carbonyl (C=O) groups is 1. The van der Waals surface area contributed by atoms with Crippen LogP contribution in [0.2, 0.25) is 0 Å². The van der Waals surface area contributed by atoms with Crippen molar-refractivity contribution in [2.24, 2.45) is 5.92 Å². The highest BCUT2D eigenvalue weighted by molar-refractivity contribution is 6.03. The van der Waals surface area contributed by atoms with Crippen molar-refractivity contribution in [2.45, 2.75) is 20.3 Å². The number of aryl methyl sites for hydroxylation is 1. The molecule has 0 aliphatic heterocycles. The third-order valence-corrected chi connectivity index (χ3v) is 3.76. The molecule has 18 heavy (non-hydrogen) atoms. The molecule has 1 atom stereocenters. The summed E-state index contributed by atoms with van der Waals surface area (Å²) in [5.41, 5.74) is 5.82. The van der Waals surface area contributed by atoms with Crippen molar-refractivity contribution in [3.05, 3.63) is 59.2 Å².